The molecule has 0 radical (unpaired) electrons. The second-order valence-corrected chi connectivity index (χ2v) is 6.72. The molecule has 0 saturated carbocycles. The largest absolute Gasteiger partial charge is 0.378 e. The molecule has 1 aliphatic heterocycles. The van der Waals surface area contributed by atoms with Crippen molar-refractivity contribution in [2.75, 3.05) is 36.5 Å². The van der Waals surface area contributed by atoms with E-state index < -0.39 is 0 Å². The Morgan fingerprint density at radius 1 is 1.11 bits per heavy atom. The van der Waals surface area contributed by atoms with E-state index in [0.29, 0.717) is 5.95 Å². The van der Waals surface area contributed by atoms with E-state index >= 15 is 0 Å². The highest BCUT2D eigenvalue weighted by molar-refractivity contribution is 5.84. The number of nitrogens with one attached hydrogen (secondary N) is 2. The summed E-state index contributed by atoms with van der Waals surface area (Å²) in [5.74, 6) is 1.48. The number of para-hydroxylation sites is 1. The Morgan fingerprint density at radius 2 is 2.00 bits per heavy atom. The predicted octanol–water partition coefficient (Wildman–Crippen LogP) is 3.39. The number of benzene rings is 2. The highest BCUT2D eigenvalue weighted by atomic mass is 16.5. The Hall–Kier alpha value is -3.19. The number of imidazole rings is 1. The minimum absolute atomic E-state index is 0.587. The highest BCUT2D eigenvalue weighted by Crippen LogP contribution is 2.24. The third kappa shape index (κ3) is 3.06. The first-order valence-corrected chi connectivity index (χ1v) is 9.08. The summed E-state index contributed by atoms with van der Waals surface area (Å²) < 4.78 is 5.41. The zero-order valence-electron chi connectivity index (χ0n) is 15.1. The molecule has 1 saturated heterocycles. The molecular formula is C20H20N6O. The summed E-state index contributed by atoms with van der Waals surface area (Å²) >= 11 is 0. The standard InChI is InChI=1S/C20H20N6O/c1-13-3-2-4-14-12-21-19(25-18(13)14)22-15-5-6-16-17(11-15)24-20(23-16)26-7-9-27-10-8-26/h2-6,11-12H,7-10H2,1H3,(H,23,24)(H,21,22,25). The summed E-state index contributed by atoms with van der Waals surface area (Å²) in [6.07, 6.45) is 1.85. The maximum absolute atomic E-state index is 5.41. The molecule has 5 rings (SSSR count). The number of H-pyrrole nitrogens is 1. The maximum atomic E-state index is 5.41. The molecule has 27 heavy (non-hydrogen) atoms. The lowest BCUT2D eigenvalue weighted by molar-refractivity contribution is 0.122. The Kier molecular flexibility index (Phi) is 3.86. The smallest absolute Gasteiger partial charge is 0.227 e. The van der Waals surface area contributed by atoms with Crippen LogP contribution in [0.5, 0.6) is 0 Å². The molecule has 2 N–H and O–H groups in total. The predicted molar refractivity (Wildman–Crippen MR) is 107 cm³/mol. The van der Waals surface area contributed by atoms with Crippen LogP contribution in [0, 0.1) is 6.92 Å². The molecule has 1 fully saturated rings. The summed E-state index contributed by atoms with van der Waals surface area (Å²) in [6, 6.07) is 12.1. The molecule has 7 heteroatoms. The SMILES string of the molecule is Cc1cccc2cnc(Nc3ccc4nc(N5CCOCC5)[nH]c4c3)nc12. The van der Waals surface area contributed by atoms with Crippen LogP contribution in [0.3, 0.4) is 0 Å². The second kappa shape index (κ2) is 6.51. The molecule has 2 aromatic carbocycles. The van der Waals surface area contributed by atoms with Gasteiger partial charge in [0, 0.05) is 30.4 Å². The van der Waals surface area contributed by atoms with Crippen molar-refractivity contribution in [3.05, 3.63) is 48.2 Å². The zero-order valence-corrected chi connectivity index (χ0v) is 15.1. The van der Waals surface area contributed by atoms with Gasteiger partial charge in [-0.25, -0.2) is 15.0 Å². The average molecular weight is 360 g/mol. The summed E-state index contributed by atoms with van der Waals surface area (Å²) in [5, 5.41) is 4.34. The number of fused-ring (bicyclic) bond motifs is 2. The van der Waals surface area contributed by atoms with E-state index in [4.69, 9.17) is 9.72 Å². The molecule has 7 nitrogen and oxygen atoms in total. The number of aromatic amines is 1. The van der Waals surface area contributed by atoms with Crippen LogP contribution in [-0.4, -0.2) is 46.2 Å². The van der Waals surface area contributed by atoms with Crippen LogP contribution in [0.1, 0.15) is 5.56 Å². The van der Waals surface area contributed by atoms with Crippen molar-refractivity contribution in [2.24, 2.45) is 0 Å². The summed E-state index contributed by atoms with van der Waals surface area (Å²) in [4.78, 5) is 19.4. The number of rotatable bonds is 3. The number of ether oxygens (including phenoxy) is 1. The van der Waals surface area contributed by atoms with Crippen LogP contribution in [0.4, 0.5) is 17.6 Å². The molecule has 0 bridgehead atoms. The molecular weight excluding hydrogens is 340 g/mol. The molecule has 4 aromatic rings. The van der Waals surface area contributed by atoms with Crippen molar-refractivity contribution in [2.45, 2.75) is 6.92 Å². The zero-order chi connectivity index (χ0) is 18.2. The van der Waals surface area contributed by atoms with Crippen LogP contribution >= 0.6 is 0 Å². The van der Waals surface area contributed by atoms with Crippen molar-refractivity contribution in [1.29, 1.82) is 0 Å². The Labute approximate surface area is 156 Å². The summed E-state index contributed by atoms with van der Waals surface area (Å²) in [7, 11) is 0. The minimum atomic E-state index is 0.587. The number of aromatic nitrogens is 4. The number of aryl methyl sites for hydroxylation is 1. The molecule has 2 aromatic heterocycles. The lowest BCUT2D eigenvalue weighted by Crippen LogP contribution is -2.36. The van der Waals surface area contributed by atoms with Crippen LogP contribution in [0.15, 0.2) is 42.6 Å². The van der Waals surface area contributed by atoms with E-state index in [9.17, 15) is 0 Å². The van der Waals surface area contributed by atoms with Crippen LogP contribution in [0.2, 0.25) is 0 Å². The fourth-order valence-electron chi connectivity index (χ4n) is 3.39. The van der Waals surface area contributed by atoms with E-state index in [0.717, 1.165) is 65.4 Å². The fraction of sp³-hybridized carbons (Fsp3) is 0.250. The summed E-state index contributed by atoms with van der Waals surface area (Å²) in [6.45, 7) is 5.25. The van der Waals surface area contributed by atoms with Gasteiger partial charge in [0.05, 0.1) is 29.8 Å². The molecule has 0 spiro atoms. The van der Waals surface area contributed by atoms with Crippen molar-refractivity contribution in [1.82, 2.24) is 19.9 Å². The first-order chi connectivity index (χ1) is 13.3. The lowest BCUT2D eigenvalue weighted by atomic mass is 10.1. The van der Waals surface area contributed by atoms with Gasteiger partial charge in [-0.15, -0.1) is 0 Å². The van der Waals surface area contributed by atoms with Gasteiger partial charge >= 0.3 is 0 Å². The van der Waals surface area contributed by atoms with E-state index in [2.05, 4.69) is 38.2 Å². The van der Waals surface area contributed by atoms with Gasteiger partial charge in [0.2, 0.25) is 11.9 Å². The number of anilines is 3. The van der Waals surface area contributed by atoms with Gasteiger partial charge < -0.3 is 19.9 Å². The fourth-order valence-corrected chi connectivity index (χ4v) is 3.39. The van der Waals surface area contributed by atoms with Gasteiger partial charge in [-0.3, -0.25) is 0 Å². The number of morpholine rings is 1. The Balaban J connectivity index is 1.44. The maximum Gasteiger partial charge on any atom is 0.227 e. The van der Waals surface area contributed by atoms with Gasteiger partial charge in [0.1, 0.15) is 0 Å². The Morgan fingerprint density at radius 3 is 2.89 bits per heavy atom. The van der Waals surface area contributed by atoms with Crippen molar-refractivity contribution in [3.8, 4) is 0 Å². The van der Waals surface area contributed by atoms with E-state index in [1.807, 2.05) is 36.5 Å². The van der Waals surface area contributed by atoms with Gasteiger partial charge in [-0.05, 0) is 30.7 Å². The van der Waals surface area contributed by atoms with Crippen molar-refractivity contribution >= 4 is 39.5 Å². The van der Waals surface area contributed by atoms with E-state index in [-0.39, 0.29) is 0 Å². The lowest BCUT2D eigenvalue weighted by Gasteiger charge is -2.26. The highest BCUT2D eigenvalue weighted by Gasteiger charge is 2.15. The third-order valence-electron chi connectivity index (χ3n) is 4.85. The monoisotopic (exact) mass is 360 g/mol. The molecule has 0 aliphatic carbocycles. The van der Waals surface area contributed by atoms with E-state index in [1.165, 1.54) is 0 Å². The molecule has 1 aliphatic rings. The molecule has 3 heterocycles. The quantitative estimate of drug-likeness (QED) is 0.583. The number of hydrogen-bond acceptors (Lipinski definition) is 6. The number of hydrogen-bond donors (Lipinski definition) is 2. The van der Waals surface area contributed by atoms with Crippen molar-refractivity contribution < 1.29 is 4.74 Å². The van der Waals surface area contributed by atoms with Gasteiger partial charge in [0.15, 0.2) is 0 Å². The Bertz CT molecular complexity index is 1120. The number of nitrogens with zero attached hydrogens (tertiary/aromatic N) is 4. The van der Waals surface area contributed by atoms with Crippen LogP contribution in [-0.2, 0) is 4.74 Å². The minimum Gasteiger partial charge on any atom is -0.378 e. The van der Waals surface area contributed by atoms with Gasteiger partial charge in [0.25, 0.3) is 0 Å². The van der Waals surface area contributed by atoms with Gasteiger partial charge in [-0.1, -0.05) is 18.2 Å². The van der Waals surface area contributed by atoms with Crippen molar-refractivity contribution in [3.63, 3.8) is 0 Å². The molecule has 136 valence electrons. The van der Waals surface area contributed by atoms with E-state index in [1.54, 1.807) is 0 Å². The second-order valence-electron chi connectivity index (χ2n) is 6.72. The summed E-state index contributed by atoms with van der Waals surface area (Å²) in [5.41, 5.74) is 4.95. The topological polar surface area (TPSA) is 79.0 Å². The average Bonchev–Trinajstić information content (AvgIpc) is 3.13. The molecule has 0 atom stereocenters. The van der Waals surface area contributed by atoms with Gasteiger partial charge in [-0.2, -0.15) is 0 Å². The van der Waals surface area contributed by atoms with Crippen LogP contribution < -0.4 is 10.2 Å². The normalized spacial score (nSPS) is 14.8. The third-order valence-corrected chi connectivity index (χ3v) is 4.85. The molecule has 0 amide bonds. The first kappa shape index (κ1) is 16.0. The van der Waals surface area contributed by atoms with Crippen LogP contribution in [0.25, 0.3) is 21.9 Å². The molecule has 0 unspecified atom stereocenters. The first-order valence-electron chi connectivity index (χ1n) is 9.08.